The van der Waals surface area contributed by atoms with Crippen LogP contribution in [0.4, 0.5) is 4.79 Å². The summed E-state index contributed by atoms with van der Waals surface area (Å²) in [6, 6.07) is 10.1. The highest BCUT2D eigenvalue weighted by atomic mass is 32.2. The second kappa shape index (κ2) is 9.24. The van der Waals surface area contributed by atoms with Crippen molar-refractivity contribution in [1.82, 2.24) is 14.5 Å². The van der Waals surface area contributed by atoms with Gasteiger partial charge < -0.3 is 14.5 Å². The van der Waals surface area contributed by atoms with E-state index in [1.807, 2.05) is 15.9 Å². The van der Waals surface area contributed by atoms with Crippen LogP contribution >= 0.6 is 0 Å². The highest BCUT2D eigenvalue weighted by Gasteiger charge is 2.41. The van der Waals surface area contributed by atoms with Gasteiger partial charge in [-0.3, -0.25) is 0 Å². The quantitative estimate of drug-likeness (QED) is 0.745. The van der Waals surface area contributed by atoms with Crippen LogP contribution in [0.25, 0.3) is 0 Å². The molecule has 166 valence electrons. The normalized spacial score (nSPS) is 29.6. The van der Waals surface area contributed by atoms with E-state index < -0.39 is 10.0 Å². The van der Waals surface area contributed by atoms with Gasteiger partial charge in [0.05, 0.1) is 25.0 Å². The number of benzene rings is 1. The van der Waals surface area contributed by atoms with E-state index in [4.69, 9.17) is 4.74 Å². The lowest BCUT2D eigenvalue weighted by atomic mass is 9.83. The van der Waals surface area contributed by atoms with Crippen molar-refractivity contribution >= 4 is 16.1 Å². The van der Waals surface area contributed by atoms with Crippen molar-refractivity contribution in [2.24, 2.45) is 0 Å². The standard InChI is InChI=1S/C22H33N3O4S/c1-30(27,28)23-20-12-15-25(22(26)24-13-5-14-24)21(20)16-29-19-10-8-18(9-11-19)17-6-3-2-4-7-17/h2-4,6-7,18-21,23H,5,8-16H2,1H3. The lowest BCUT2D eigenvalue weighted by Crippen LogP contribution is -2.55. The van der Waals surface area contributed by atoms with Crippen molar-refractivity contribution in [3.63, 3.8) is 0 Å². The van der Waals surface area contributed by atoms with Crippen molar-refractivity contribution in [3.05, 3.63) is 35.9 Å². The van der Waals surface area contributed by atoms with Gasteiger partial charge in [-0.05, 0) is 50.0 Å². The summed E-state index contributed by atoms with van der Waals surface area (Å²) in [7, 11) is -3.34. The van der Waals surface area contributed by atoms with Crippen LogP contribution in [0.2, 0.25) is 0 Å². The number of hydrogen-bond acceptors (Lipinski definition) is 4. The van der Waals surface area contributed by atoms with Gasteiger partial charge in [-0.15, -0.1) is 0 Å². The molecule has 2 heterocycles. The van der Waals surface area contributed by atoms with Gasteiger partial charge in [0.2, 0.25) is 10.0 Å². The molecule has 30 heavy (non-hydrogen) atoms. The average Bonchev–Trinajstić information content (AvgIpc) is 3.07. The van der Waals surface area contributed by atoms with Gasteiger partial charge in [0, 0.05) is 25.7 Å². The molecule has 3 fully saturated rings. The Morgan fingerprint density at radius 1 is 1.07 bits per heavy atom. The lowest BCUT2D eigenvalue weighted by Gasteiger charge is -2.38. The van der Waals surface area contributed by atoms with E-state index in [0.29, 0.717) is 25.5 Å². The third-order valence-electron chi connectivity index (χ3n) is 6.73. The molecule has 4 rings (SSSR count). The maximum Gasteiger partial charge on any atom is 0.320 e. The fraction of sp³-hybridized carbons (Fsp3) is 0.682. The number of nitrogens with one attached hydrogen (secondary N) is 1. The van der Waals surface area contributed by atoms with Crippen molar-refractivity contribution in [2.75, 3.05) is 32.5 Å². The van der Waals surface area contributed by atoms with Gasteiger partial charge in [-0.25, -0.2) is 17.9 Å². The Morgan fingerprint density at radius 3 is 2.37 bits per heavy atom. The number of likely N-dealkylation sites (tertiary alicyclic amines) is 2. The lowest BCUT2D eigenvalue weighted by molar-refractivity contribution is -0.00404. The number of rotatable bonds is 6. The monoisotopic (exact) mass is 435 g/mol. The molecule has 2 atom stereocenters. The maximum absolute atomic E-state index is 12.8. The van der Waals surface area contributed by atoms with Gasteiger partial charge in [0.15, 0.2) is 0 Å². The topological polar surface area (TPSA) is 79.0 Å². The van der Waals surface area contributed by atoms with Crippen LogP contribution in [0.1, 0.15) is 50.0 Å². The van der Waals surface area contributed by atoms with Crippen molar-refractivity contribution in [3.8, 4) is 0 Å². The summed E-state index contributed by atoms with van der Waals surface area (Å²) < 4.78 is 32.6. The Hall–Kier alpha value is -1.64. The number of carbonyl (C=O) groups is 1. The third-order valence-corrected chi connectivity index (χ3v) is 7.46. The summed E-state index contributed by atoms with van der Waals surface area (Å²) in [6.07, 6.45) is 7.20. The first kappa shape index (κ1) is 21.6. The number of amides is 2. The molecule has 0 aromatic heterocycles. The first-order valence-corrected chi connectivity index (χ1v) is 13.0. The minimum absolute atomic E-state index is 0.0143. The molecule has 1 N–H and O–H groups in total. The summed E-state index contributed by atoms with van der Waals surface area (Å²) in [4.78, 5) is 16.5. The Bertz CT molecular complexity index is 820. The summed E-state index contributed by atoms with van der Waals surface area (Å²) in [5, 5.41) is 0. The highest BCUT2D eigenvalue weighted by Crippen LogP contribution is 2.34. The second-order valence-corrected chi connectivity index (χ2v) is 10.7. The Kier molecular flexibility index (Phi) is 6.65. The summed E-state index contributed by atoms with van der Waals surface area (Å²) in [5.41, 5.74) is 1.40. The van der Waals surface area contributed by atoms with E-state index in [-0.39, 0.29) is 24.2 Å². The van der Waals surface area contributed by atoms with Crippen molar-refractivity contribution in [2.45, 2.75) is 62.6 Å². The SMILES string of the molecule is CS(=O)(=O)NC1CCN(C(=O)N2CCC2)C1COC1CCC(c2ccccc2)CC1. The van der Waals surface area contributed by atoms with E-state index in [1.54, 1.807) is 0 Å². The molecule has 1 saturated carbocycles. The van der Waals surface area contributed by atoms with E-state index in [1.165, 1.54) is 11.8 Å². The second-order valence-electron chi connectivity index (χ2n) is 8.89. The molecule has 2 saturated heterocycles. The predicted molar refractivity (Wildman–Crippen MR) is 116 cm³/mol. The predicted octanol–water partition coefficient (Wildman–Crippen LogP) is 2.55. The van der Waals surface area contributed by atoms with Gasteiger partial charge >= 0.3 is 6.03 Å². The first-order chi connectivity index (χ1) is 14.4. The molecule has 0 radical (unpaired) electrons. The van der Waals surface area contributed by atoms with Crippen molar-refractivity contribution < 1.29 is 17.9 Å². The van der Waals surface area contributed by atoms with Gasteiger partial charge in [0.1, 0.15) is 0 Å². The third kappa shape index (κ3) is 5.15. The van der Waals surface area contributed by atoms with Crippen LogP contribution in [0.15, 0.2) is 30.3 Å². The number of urea groups is 1. The minimum atomic E-state index is -3.34. The Balaban J connectivity index is 1.34. The summed E-state index contributed by atoms with van der Waals surface area (Å²) >= 11 is 0. The van der Waals surface area contributed by atoms with Gasteiger partial charge in [-0.1, -0.05) is 30.3 Å². The van der Waals surface area contributed by atoms with E-state index >= 15 is 0 Å². The van der Waals surface area contributed by atoms with Crippen LogP contribution in [0.3, 0.4) is 0 Å². The number of hydrogen-bond donors (Lipinski definition) is 1. The number of nitrogens with zero attached hydrogens (tertiary/aromatic N) is 2. The van der Waals surface area contributed by atoms with E-state index in [9.17, 15) is 13.2 Å². The molecule has 8 heteroatoms. The fourth-order valence-electron chi connectivity index (χ4n) is 4.92. The molecular weight excluding hydrogens is 402 g/mol. The molecule has 2 unspecified atom stereocenters. The molecule has 3 aliphatic rings. The van der Waals surface area contributed by atoms with E-state index in [2.05, 4.69) is 29.0 Å². The zero-order chi connectivity index (χ0) is 21.1. The maximum atomic E-state index is 12.8. The molecule has 2 aliphatic heterocycles. The minimum Gasteiger partial charge on any atom is -0.376 e. The number of carbonyl (C=O) groups excluding carboxylic acids is 1. The van der Waals surface area contributed by atoms with E-state index in [0.717, 1.165) is 45.2 Å². The smallest absolute Gasteiger partial charge is 0.320 e. The van der Waals surface area contributed by atoms with Crippen molar-refractivity contribution in [1.29, 1.82) is 0 Å². The summed E-state index contributed by atoms with van der Waals surface area (Å²) in [6.45, 7) is 2.53. The first-order valence-electron chi connectivity index (χ1n) is 11.1. The van der Waals surface area contributed by atoms with Crippen LogP contribution in [0.5, 0.6) is 0 Å². The molecule has 1 aliphatic carbocycles. The molecule has 2 amide bonds. The number of ether oxygens (including phenoxy) is 1. The average molecular weight is 436 g/mol. The number of sulfonamides is 1. The molecule has 1 aromatic carbocycles. The fourth-order valence-corrected chi connectivity index (χ4v) is 5.75. The molecular formula is C22H33N3O4S. The van der Waals surface area contributed by atoms with Gasteiger partial charge in [0.25, 0.3) is 0 Å². The molecule has 1 aromatic rings. The Morgan fingerprint density at radius 2 is 1.77 bits per heavy atom. The summed E-state index contributed by atoms with van der Waals surface area (Å²) in [5.74, 6) is 0.585. The zero-order valence-corrected chi connectivity index (χ0v) is 18.5. The van der Waals surface area contributed by atoms with Crippen LogP contribution < -0.4 is 4.72 Å². The van der Waals surface area contributed by atoms with Crippen LogP contribution in [-0.2, 0) is 14.8 Å². The van der Waals surface area contributed by atoms with Crippen LogP contribution in [-0.4, -0.2) is 74.9 Å². The zero-order valence-electron chi connectivity index (χ0n) is 17.7. The van der Waals surface area contributed by atoms with Crippen LogP contribution in [0, 0.1) is 0 Å². The molecule has 7 nitrogen and oxygen atoms in total. The largest absolute Gasteiger partial charge is 0.376 e. The van der Waals surface area contributed by atoms with Gasteiger partial charge in [-0.2, -0.15) is 0 Å². The highest BCUT2D eigenvalue weighted by molar-refractivity contribution is 7.88. The molecule has 0 bridgehead atoms. The Labute approximate surface area is 179 Å². The molecule has 0 spiro atoms.